The van der Waals surface area contributed by atoms with E-state index in [0.717, 1.165) is 53.1 Å². The minimum Gasteiger partial charge on any atom is -0.481 e. The number of carbonyl (C=O) groups excluding carboxylic acids is 2. The average Bonchev–Trinajstić information content (AvgIpc) is 2.87. The zero-order valence-corrected chi connectivity index (χ0v) is 19.0. The van der Waals surface area contributed by atoms with Crippen molar-refractivity contribution in [3.05, 3.63) is 70.4 Å². The molecule has 0 saturated heterocycles. The van der Waals surface area contributed by atoms with Crippen molar-refractivity contribution in [3.8, 4) is 0 Å². The number of methoxy groups -OCH3 is 1. The predicted molar refractivity (Wildman–Crippen MR) is 128 cm³/mol. The number of aliphatic imine (C=N–C) groups is 1. The third kappa shape index (κ3) is 4.66. The van der Waals surface area contributed by atoms with E-state index in [4.69, 9.17) is 4.74 Å². The monoisotopic (exact) mass is 445 g/mol. The molecule has 1 unspecified atom stereocenters. The van der Waals surface area contributed by atoms with E-state index in [-0.39, 0.29) is 5.91 Å². The molecular weight excluding hydrogens is 418 g/mol. The Morgan fingerprint density at radius 3 is 2.91 bits per heavy atom. The molecule has 1 aromatic heterocycles. The zero-order chi connectivity index (χ0) is 23.4. The normalized spacial score (nSPS) is 21.5. The summed E-state index contributed by atoms with van der Waals surface area (Å²) in [4.78, 5) is 34.4. The van der Waals surface area contributed by atoms with Crippen LogP contribution in [0.4, 0.5) is 5.69 Å². The Bertz CT molecular complexity index is 1170. The van der Waals surface area contributed by atoms with Gasteiger partial charge in [-0.05, 0) is 60.0 Å². The molecule has 0 fully saturated rings. The summed E-state index contributed by atoms with van der Waals surface area (Å²) in [6.45, 7) is 3.52. The highest BCUT2D eigenvalue weighted by molar-refractivity contribution is 6.01. The van der Waals surface area contributed by atoms with Gasteiger partial charge in [-0.25, -0.2) is 9.79 Å². The molecule has 33 heavy (non-hydrogen) atoms. The van der Waals surface area contributed by atoms with Crippen LogP contribution in [0.25, 0.3) is 6.08 Å². The molecule has 1 atom stereocenters. The number of hydrogen-bond acceptors (Lipinski definition) is 7. The lowest BCUT2D eigenvalue weighted by Gasteiger charge is -2.27. The van der Waals surface area contributed by atoms with Crippen LogP contribution in [0, 0.1) is 0 Å². The van der Waals surface area contributed by atoms with Crippen molar-refractivity contribution in [2.75, 3.05) is 26.0 Å². The SMILES string of the molecule is CCC1=Cc2ncc(CN3C=CC(=C4C=CC(C(=O)NC)N=C4OC)CC3)cc2NC1=C=O. The Labute approximate surface area is 193 Å². The van der Waals surface area contributed by atoms with Crippen LogP contribution in [0.2, 0.25) is 0 Å². The number of allylic oxidation sites excluding steroid dienone is 2. The first-order valence-corrected chi connectivity index (χ1v) is 11.0. The van der Waals surface area contributed by atoms with Gasteiger partial charge in [0.05, 0.1) is 18.5 Å². The fourth-order valence-corrected chi connectivity index (χ4v) is 4.05. The van der Waals surface area contributed by atoms with Gasteiger partial charge in [-0.1, -0.05) is 13.0 Å². The fourth-order valence-electron chi connectivity index (χ4n) is 4.05. The molecule has 0 aromatic carbocycles. The highest BCUT2D eigenvalue weighted by atomic mass is 16.5. The lowest BCUT2D eigenvalue weighted by molar-refractivity contribution is -0.120. The third-order valence-corrected chi connectivity index (χ3v) is 5.88. The Balaban J connectivity index is 1.49. The van der Waals surface area contributed by atoms with E-state index in [1.807, 2.05) is 37.3 Å². The molecule has 0 spiro atoms. The second-order valence-corrected chi connectivity index (χ2v) is 7.93. The summed E-state index contributed by atoms with van der Waals surface area (Å²) in [6.07, 6.45) is 13.2. The van der Waals surface area contributed by atoms with Crippen LogP contribution in [0.5, 0.6) is 0 Å². The number of fused-ring (bicyclic) bond motifs is 1. The largest absolute Gasteiger partial charge is 0.481 e. The van der Waals surface area contributed by atoms with Gasteiger partial charge in [0.1, 0.15) is 5.70 Å². The third-order valence-electron chi connectivity index (χ3n) is 5.88. The number of carbonyl (C=O) groups is 1. The number of nitrogens with zero attached hydrogens (tertiary/aromatic N) is 3. The number of likely N-dealkylation sites (N-methyl/N-ethyl adjacent to an activating group) is 1. The minimum absolute atomic E-state index is 0.166. The van der Waals surface area contributed by atoms with Crippen molar-refractivity contribution in [3.63, 3.8) is 0 Å². The average molecular weight is 446 g/mol. The second-order valence-electron chi connectivity index (χ2n) is 7.93. The van der Waals surface area contributed by atoms with Gasteiger partial charge in [0.25, 0.3) is 0 Å². The molecule has 0 aliphatic carbocycles. The van der Waals surface area contributed by atoms with Gasteiger partial charge in [0.2, 0.25) is 11.8 Å². The number of anilines is 1. The summed E-state index contributed by atoms with van der Waals surface area (Å²) < 4.78 is 5.45. The topological polar surface area (TPSA) is 95.9 Å². The first kappa shape index (κ1) is 22.3. The van der Waals surface area contributed by atoms with Crippen LogP contribution in [-0.4, -0.2) is 54.4 Å². The van der Waals surface area contributed by atoms with Crippen LogP contribution in [0.1, 0.15) is 31.0 Å². The molecule has 0 bridgehead atoms. The number of nitrogens with one attached hydrogen (secondary N) is 2. The van der Waals surface area contributed by atoms with E-state index in [2.05, 4.69) is 37.8 Å². The number of dihydropyridines is 1. The van der Waals surface area contributed by atoms with Crippen LogP contribution in [-0.2, 0) is 20.9 Å². The molecular formula is C25H27N5O3. The lowest BCUT2D eigenvalue weighted by Crippen LogP contribution is -2.32. The van der Waals surface area contributed by atoms with E-state index in [1.165, 1.54) is 0 Å². The minimum atomic E-state index is -0.568. The maximum Gasteiger partial charge on any atom is 0.248 e. The van der Waals surface area contributed by atoms with Gasteiger partial charge in [0.15, 0.2) is 12.0 Å². The summed E-state index contributed by atoms with van der Waals surface area (Å²) in [5, 5.41) is 5.77. The van der Waals surface area contributed by atoms with E-state index >= 15 is 0 Å². The molecule has 3 aliphatic heterocycles. The Hall–Kier alpha value is -3.90. The fraction of sp³-hybridized carbons (Fsp3) is 0.320. The first-order chi connectivity index (χ1) is 16.1. The Morgan fingerprint density at radius 2 is 2.24 bits per heavy atom. The molecule has 1 amide bonds. The Kier molecular flexibility index (Phi) is 6.56. The number of hydrogen-bond donors (Lipinski definition) is 2. The van der Waals surface area contributed by atoms with E-state index < -0.39 is 6.04 Å². The molecule has 8 nitrogen and oxygen atoms in total. The van der Waals surface area contributed by atoms with Crippen LogP contribution in [0.3, 0.4) is 0 Å². The maximum absolute atomic E-state index is 11.9. The highest BCUT2D eigenvalue weighted by Gasteiger charge is 2.23. The summed E-state index contributed by atoms with van der Waals surface area (Å²) in [5.41, 5.74) is 6.11. The van der Waals surface area contributed by atoms with Crippen molar-refractivity contribution < 1.29 is 14.3 Å². The maximum atomic E-state index is 11.9. The smallest absolute Gasteiger partial charge is 0.248 e. The van der Waals surface area contributed by atoms with Crippen molar-refractivity contribution >= 4 is 29.5 Å². The standard InChI is InChI=1S/C25H27N5O3/c1-4-17-12-21-22(28-23(17)15-31)11-16(13-27-21)14-30-9-7-18(8-10-30)19-5-6-20(24(32)26-2)29-25(19)33-3/h5-7,9,11-13,20,28H,4,8,10,14H2,1-3H3,(H,26,32). The molecule has 3 aliphatic rings. The number of pyridine rings is 1. The highest BCUT2D eigenvalue weighted by Crippen LogP contribution is 2.30. The van der Waals surface area contributed by atoms with Crippen molar-refractivity contribution in [1.82, 2.24) is 15.2 Å². The van der Waals surface area contributed by atoms with Crippen molar-refractivity contribution in [1.29, 1.82) is 0 Å². The van der Waals surface area contributed by atoms with Gasteiger partial charge < -0.3 is 20.3 Å². The van der Waals surface area contributed by atoms with Crippen molar-refractivity contribution in [2.45, 2.75) is 32.4 Å². The predicted octanol–water partition coefficient (Wildman–Crippen LogP) is 2.76. The van der Waals surface area contributed by atoms with Gasteiger partial charge in [-0.3, -0.25) is 9.78 Å². The molecule has 4 rings (SSSR count). The van der Waals surface area contributed by atoms with E-state index in [0.29, 0.717) is 18.1 Å². The second kappa shape index (κ2) is 9.71. The van der Waals surface area contributed by atoms with Gasteiger partial charge in [-0.2, -0.15) is 0 Å². The van der Waals surface area contributed by atoms with Crippen LogP contribution >= 0.6 is 0 Å². The zero-order valence-electron chi connectivity index (χ0n) is 19.0. The molecule has 1 aromatic rings. The number of ether oxygens (including phenoxy) is 1. The summed E-state index contributed by atoms with van der Waals surface area (Å²) in [7, 11) is 3.16. The summed E-state index contributed by atoms with van der Waals surface area (Å²) >= 11 is 0. The van der Waals surface area contributed by atoms with Crippen LogP contribution < -0.4 is 10.6 Å². The number of amides is 1. The molecule has 8 heteroatoms. The van der Waals surface area contributed by atoms with Crippen molar-refractivity contribution in [2.24, 2.45) is 4.99 Å². The molecule has 0 saturated carbocycles. The quantitative estimate of drug-likeness (QED) is 0.692. The molecule has 170 valence electrons. The van der Waals surface area contributed by atoms with Gasteiger partial charge in [0, 0.05) is 31.9 Å². The summed E-state index contributed by atoms with van der Waals surface area (Å²) in [6, 6.07) is 1.46. The molecule has 0 radical (unpaired) electrons. The molecule has 4 heterocycles. The number of aromatic nitrogens is 1. The number of rotatable bonds is 4. The van der Waals surface area contributed by atoms with Crippen LogP contribution in [0.15, 0.2) is 64.1 Å². The summed E-state index contributed by atoms with van der Waals surface area (Å²) in [5.74, 6) is 2.30. The van der Waals surface area contributed by atoms with Gasteiger partial charge >= 0.3 is 0 Å². The molecule has 2 N–H and O–H groups in total. The lowest BCUT2D eigenvalue weighted by atomic mass is 9.98. The Morgan fingerprint density at radius 1 is 1.39 bits per heavy atom. The first-order valence-electron chi connectivity index (χ1n) is 11.0. The van der Waals surface area contributed by atoms with E-state index in [1.54, 1.807) is 20.2 Å². The van der Waals surface area contributed by atoms with Gasteiger partial charge in [-0.15, -0.1) is 0 Å². The van der Waals surface area contributed by atoms with E-state index in [9.17, 15) is 9.59 Å².